The minimum Gasteiger partial charge on any atom is -0.356 e. The molecule has 0 amide bonds. The van der Waals surface area contributed by atoms with E-state index in [0.717, 1.165) is 11.3 Å². The van der Waals surface area contributed by atoms with Gasteiger partial charge in [-0.15, -0.1) is 0 Å². The molecule has 1 N–H and O–H groups in total. The number of pyridine rings is 1. The van der Waals surface area contributed by atoms with Crippen LogP contribution in [0, 0.1) is 26.6 Å². The summed E-state index contributed by atoms with van der Waals surface area (Å²) >= 11 is 0. The van der Waals surface area contributed by atoms with E-state index in [1.165, 1.54) is 6.07 Å². The van der Waals surface area contributed by atoms with Gasteiger partial charge >= 0.3 is 0 Å². The summed E-state index contributed by atoms with van der Waals surface area (Å²) in [6.07, 6.45) is 0. The number of hydrogen-bond donors (Lipinski definition) is 1. The first-order chi connectivity index (χ1) is 7.00. The van der Waals surface area contributed by atoms with Crippen molar-refractivity contribution < 1.29 is 4.39 Å². The predicted octanol–water partition coefficient (Wildman–Crippen LogP) is 2.59. The number of halogens is 1. The Bertz CT molecular complexity index is 599. The van der Waals surface area contributed by atoms with Gasteiger partial charge in [-0.05, 0) is 38.5 Å². The summed E-state index contributed by atoms with van der Waals surface area (Å²) in [4.78, 5) is 14.8. The van der Waals surface area contributed by atoms with Gasteiger partial charge < -0.3 is 4.98 Å². The maximum absolute atomic E-state index is 13.6. The van der Waals surface area contributed by atoms with Gasteiger partial charge in [-0.25, -0.2) is 4.39 Å². The van der Waals surface area contributed by atoms with Crippen LogP contribution in [0.3, 0.4) is 0 Å². The van der Waals surface area contributed by atoms with Gasteiger partial charge in [0.2, 0.25) is 0 Å². The Balaban J connectivity index is 3.06. The molecule has 0 atom stereocenters. The predicted molar refractivity (Wildman–Crippen MR) is 58.7 cm³/mol. The highest BCUT2D eigenvalue weighted by Gasteiger charge is 2.09. The van der Waals surface area contributed by atoms with Gasteiger partial charge in [0.1, 0.15) is 5.82 Å². The lowest BCUT2D eigenvalue weighted by Crippen LogP contribution is -2.10. The van der Waals surface area contributed by atoms with Crippen molar-refractivity contribution in [3.8, 4) is 0 Å². The molecule has 15 heavy (non-hydrogen) atoms. The zero-order valence-corrected chi connectivity index (χ0v) is 8.94. The number of aromatic amines is 1. The smallest absolute Gasteiger partial charge is 0.192 e. The SMILES string of the molecule is Cc1cc(F)c2[nH]c(C)c(C)c(=O)c2c1. The van der Waals surface area contributed by atoms with Crippen LogP contribution in [-0.4, -0.2) is 4.98 Å². The van der Waals surface area contributed by atoms with E-state index in [0.29, 0.717) is 16.5 Å². The molecule has 78 valence electrons. The van der Waals surface area contributed by atoms with Crippen LogP contribution in [0.25, 0.3) is 10.9 Å². The van der Waals surface area contributed by atoms with E-state index in [1.807, 2.05) is 0 Å². The fourth-order valence-electron chi connectivity index (χ4n) is 1.70. The molecule has 1 aromatic heterocycles. The van der Waals surface area contributed by atoms with Gasteiger partial charge in [0, 0.05) is 16.6 Å². The molecule has 0 spiro atoms. The van der Waals surface area contributed by atoms with Crippen molar-refractivity contribution in [2.24, 2.45) is 0 Å². The van der Waals surface area contributed by atoms with Crippen molar-refractivity contribution in [2.75, 3.05) is 0 Å². The summed E-state index contributed by atoms with van der Waals surface area (Å²) < 4.78 is 13.6. The number of hydrogen-bond acceptors (Lipinski definition) is 1. The average molecular weight is 205 g/mol. The molecule has 0 bridgehead atoms. The number of nitrogens with one attached hydrogen (secondary N) is 1. The molecular formula is C12H12FNO. The zero-order chi connectivity index (χ0) is 11.2. The molecule has 2 aromatic rings. The maximum Gasteiger partial charge on any atom is 0.192 e. The summed E-state index contributed by atoms with van der Waals surface area (Å²) in [6.45, 7) is 5.29. The third-order valence-corrected chi connectivity index (χ3v) is 2.69. The molecule has 0 saturated heterocycles. The minimum absolute atomic E-state index is 0.0937. The molecule has 0 aliphatic rings. The normalized spacial score (nSPS) is 10.9. The molecule has 0 fully saturated rings. The second kappa shape index (κ2) is 3.19. The number of fused-ring (bicyclic) bond motifs is 1. The van der Waals surface area contributed by atoms with Crippen molar-refractivity contribution in [2.45, 2.75) is 20.8 Å². The molecule has 0 radical (unpaired) electrons. The summed E-state index contributed by atoms with van der Waals surface area (Å²) in [6, 6.07) is 3.14. The topological polar surface area (TPSA) is 32.9 Å². The Morgan fingerprint density at radius 1 is 1.20 bits per heavy atom. The quantitative estimate of drug-likeness (QED) is 0.704. The lowest BCUT2D eigenvalue weighted by Gasteiger charge is -2.05. The lowest BCUT2D eigenvalue weighted by atomic mass is 10.1. The van der Waals surface area contributed by atoms with Crippen LogP contribution in [-0.2, 0) is 0 Å². The van der Waals surface area contributed by atoms with E-state index < -0.39 is 0 Å². The van der Waals surface area contributed by atoms with E-state index in [9.17, 15) is 9.18 Å². The molecule has 0 aliphatic heterocycles. The van der Waals surface area contributed by atoms with Crippen LogP contribution in [0.2, 0.25) is 0 Å². The number of rotatable bonds is 0. The first-order valence-corrected chi connectivity index (χ1v) is 4.80. The largest absolute Gasteiger partial charge is 0.356 e. The summed E-state index contributed by atoms with van der Waals surface area (Å²) in [5.41, 5.74) is 2.33. The molecule has 0 unspecified atom stereocenters. The molecule has 0 aliphatic carbocycles. The van der Waals surface area contributed by atoms with Crippen molar-refractivity contribution in [3.05, 3.63) is 45.0 Å². The minimum atomic E-state index is -0.370. The zero-order valence-electron chi connectivity index (χ0n) is 8.94. The monoisotopic (exact) mass is 205 g/mol. The second-order valence-electron chi connectivity index (χ2n) is 3.87. The Hall–Kier alpha value is -1.64. The van der Waals surface area contributed by atoms with E-state index in [1.54, 1.807) is 26.8 Å². The molecule has 2 rings (SSSR count). The molecule has 1 heterocycles. The second-order valence-corrected chi connectivity index (χ2v) is 3.87. The first kappa shape index (κ1) is 9.90. The molecular weight excluding hydrogens is 193 g/mol. The summed E-state index contributed by atoms with van der Waals surface area (Å²) in [5.74, 6) is -0.370. The Labute approximate surface area is 86.8 Å². The third-order valence-electron chi connectivity index (χ3n) is 2.69. The standard InChI is InChI=1S/C12H12FNO/c1-6-4-9-11(10(13)5-6)14-8(3)7(2)12(9)15/h4-5H,1-3H3,(H,14,15). The van der Waals surface area contributed by atoms with Crippen LogP contribution in [0.5, 0.6) is 0 Å². The fourth-order valence-corrected chi connectivity index (χ4v) is 1.70. The Morgan fingerprint density at radius 2 is 1.87 bits per heavy atom. The number of aryl methyl sites for hydroxylation is 2. The van der Waals surface area contributed by atoms with Gasteiger partial charge in [-0.3, -0.25) is 4.79 Å². The van der Waals surface area contributed by atoms with E-state index >= 15 is 0 Å². The van der Waals surface area contributed by atoms with Crippen LogP contribution < -0.4 is 5.43 Å². The molecule has 0 saturated carbocycles. The maximum atomic E-state index is 13.6. The van der Waals surface area contributed by atoms with Crippen LogP contribution in [0.1, 0.15) is 16.8 Å². The average Bonchev–Trinajstić information content (AvgIpc) is 2.17. The van der Waals surface area contributed by atoms with Crippen molar-refractivity contribution in [3.63, 3.8) is 0 Å². The lowest BCUT2D eigenvalue weighted by molar-refractivity contribution is 0.635. The summed E-state index contributed by atoms with van der Waals surface area (Å²) in [5, 5.41) is 0.426. The highest BCUT2D eigenvalue weighted by Crippen LogP contribution is 2.16. The summed E-state index contributed by atoms with van der Waals surface area (Å²) in [7, 11) is 0. The number of aromatic nitrogens is 1. The fraction of sp³-hybridized carbons (Fsp3) is 0.250. The van der Waals surface area contributed by atoms with Gasteiger partial charge in [0.25, 0.3) is 0 Å². The van der Waals surface area contributed by atoms with Crippen LogP contribution >= 0.6 is 0 Å². The molecule has 1 aromatic carbocycles. The van der Waals surface area contributed by atoms with E-state index in [4.69, 9.17) is 0 Å². The van der Waals surface area contributed by atoms with Crippen molar-refractivity contribution in [1.82, 2.24) is 4.98 Å². The van der Waals surface area contributed by atoms with E-state index in [2.05, 4.69) is 4.98 Å². The van der Waals surface area contributed by atoms with E-state index in [-0.39, 0.29) is 11.2 Å². The van der Waals surface area contributed by atoms with Gasteiger partial charge in [0.05, 0.1) is 5.52 Å². The molecule has 2 nitrogen and oxygen atoms in total. The Kier molecular flexibility index (Phi) is 2.11. The van der Waals surface area contributed by atoms with Gasteiger partial charge in [0.15, 0.2) is 5.43 Å². The highest BCUT2D eigenvalue weighted by molar-refractivity contribution is 5.80. The number of benzene rings is 1. The van der Waals surface area contributed by atoms with Gasteiger partial charge in [-0.2, -0.15) is 0 Å². The first-order valence-electron chi connectivity index (χ1n) is 4.80. The van der Waals surface area contributed by atoms with Crippen LogP contribution in [0.15, 0.2) is 16.9 Å². The highest BCUT2D eigenvalue weighted by atomic mass is 19.1. The third kappa shape index (κ3) is 1.44. The van der Waals surface area contributed by atoms with Gasteiger partial charge in [-0.1, -0.05) is 0 Å². The molecule has 3 heteroatoms. The van der Waals surface area contributed by atoms with Crippen molar-refractivity contribution >= 4 is 10.9 Å². The van der Waals surface area contributed by atoms with Crippen LogP contribution in [0.4, 0.5) is 4.39 Å². The number of H-pyrrole nitrogens is 1. The van der Waals surface area contributed by atoms with Crippen molar-refractivity contribution in [1.29, 1.82) is 0 Å². The Morgan fingerprint density at radius 3 is 2.53 bits per heavy atom.